The van der Waals surface area contributed by atoms with Gasteiger partial charge in [-0.15, -0.1) is 0 Å². The van der Waals surface area contributed by atoms with Crippen LogP contribution in [0.3, 0.4) is 0 Å². The van der Waals surface area contributed by atoms with Gasteiger partial charge in [0.15, 0.2) is 15.1 Å². The van der Waals surface area contributed by atoms with E-state index in [2.05, 4.69) is 32.9 Å². The molecule has 0 aliphatic carbocycles. The molecule has 1 rings (SSSR count). The molecule has 0 aromatic heterocycles. The minimum atomic E-state index is -3.84. The molecule has 0 heterocycles. The summed E-state index contributed by atoms with van der Waals surface area (Å²) in [5, 5.41) is -1.33. The van der Waals surface area contributed by atoms with Crippen molar-refractivity contribution in [3.05, 3.63) is 65.3 Å². The van der Waals surface area contributed by atoms with Gasteiger partial charge in [0.05, 0.1) is 12.0 Å². The monoisotopic (exact) mass is 404 g/mol. The summed E-state index contributed by atoms with van der Waals surface area (Å²) in [6, 6.07) is 8.00. The van der Waals surface area contributed by atoms with Crippen LogP contribution in [-0.4, -0.2) is 26.7 Å². The summed E-state index contributed by atoms with van der Waals surface area (Å²) in [5.74, 6) is -0.767. The fraction of sp³-hybridized carbons (Fsp3) is 0.435. The van der Waals surface area contributed by atoms with Crippen molar-refractivity contribution >= 4 is 15.8 Å². The molecule has 1 atom stereocenters. The second kappa shape index (κ2) is 11.6. The van der Waals surface area contributed by atoms with E-state index in [-0.39, 0.29) is 4.90 Å². The van der Waals surface area contributed by atoms with E-state index in [9.17, 15) is 13.2 Å². The Labute approximate surface area is 169 Å². The number of esters is 1. The summed E-state index contributed by atoms with van der Waals surface area (Å²) >= 11 is 0. The fourth-order valence-electron chi connectivity index (χ4n) is 2.74. The predicted octanol–water partition coefficient (Wildman–Crippen LogP) is 5.42. The first kappa shape index (κ1) is 23.9. The normalized spacial score (nSPS) is 13.8. The molecule has 0 saturated heterocycles. The highest BCUT2D eigenvalue weighted by atomic mass is 32.2. The van der Waals surface area contributed by atoms with Crippen LogP contribution in [0.1, 0.15) is 53.4 Å². The Hall–Kier alpha value is -2.14. The highest BCUT2D eigenvalue weighted by molar-refractivity contribution is 7.93. The van der Waals surface area contributed by atoms with Gasteiger partial charge in [-0.2, -0.15) is 0 Å². The molecule has 154 valence electrons. The highest BCUT2D eigenvalue weighted by Gasteiger charge is 2.33. The lowest BCUT2D eigenvalue weighted by Gasteiger charge is -2.13. The van der Waals surface area contributed by atoms with Crippen LogP contribution in [0.25, 0.3) is 0 Å². The summed E-state index contributed by atoms with van der Waals surface area (Å²) in [6.45, 7) is 8.14. The standard InChI is InChI=1S/C23H32O4S/c1-18(2)11-9-12-19(3)13-10-14-20(4)17-22(23(24)27-5)28(25,26)21-15-7-6-8-16-21/h6-8,11,13,15-17,22H,9-10,12,14H2,1-5H3/b19-13+,20-17+. The maximum absolute atomic E-state index is 12.9. The van der Waals surface area contributed by atoms with Crippen LogP contribution < -0.4 is 0 Å². The van der Waals surface area contributed by atoms with E-state index in [1.807, 2.05) is 6.92 Å². The molecule has 0 aliphatic heterocycles. The molecule has 0 spiro atoms. The molecule has 5 heteroatoms. The first-order valence-electron chi connectivity index (χ1n) is 9.51. The van der Waals surface area contributed by atoms with Gasteiger partial charge in [-0.05, 0) is 65.5 Å². The lowest BCUT2D eigenvalue weighted by molar-refractivity contribution is -0.139. The van der Waals surface area contributed by atoms with Crippen LogP contribution >= 0.6 is 0 Å². The van der Waals surface area contributed by atoms with E-state index in [0.29, 0.717) is 6.42 Å². The zero-order chi connectivity index (χ0) is 21.2. The Morgan fingerprint density at radius 3 is 2.11 bits per heavy atom. The molecule has 4 nitrogen and oxygen atoms in total. The number of hydrogen-bond donors (Lipinski definition) is 0. The zero-order valence-corrected chi connectivity index (χ0v) is 18.4. The van der Waals surface area contributed by atoms with Crippen molar-refractivity contribution in [2.45, 2.75) is 63.5 Å². The van der Waals surface area contributed by atoms with E-state index in [0.717, 1.165) is 24.8 Å². The molecule has 0 aliphatic rings. The van der Waals surface area contributed by atoms with Gasteiger partial charge in [0.1, 0.15) is 0 Å². The molecular weight excluding hydrogens is 372 g/mol. The first-order chi connectivity index (χ1) is 13.2. The Bertz CT molecular complexity index is 827. The van der Waals surface area contributed by atoms with Gasteiger partial charge in [0.2, 0.25) is 0 Å². The third-order valence-electron chi connectivity index (χ3n) is 4.40. The van der Waals surface area contributed by atoms with Crippen molar-refractivity contribution < 1.29 is 17.9 Å². The number of carbonyl (C=O) groups excluding carboxylic acids is 1. The first-order valence-corrected chi connectivity index (χ1v) is 11.1. The molecule has 0 saturated carbocycles. The molecular formula is C23H32O4S. The number of allylic oxidation sites excluding steroid dienone is 5. The molecule has 28 heavy (non-hydrogen) atoms. The van der Waals surface area contributed by atoms with Crippen LogP contribution in [0.4, 0.5) is 0 Å². The molecule has 0 bridgehead atoms. The van der Waals surface area contributed by atoms with E-state index < -0.39 is 21.1 Å². The molecule has 1 aromatic rings. The second-order valence-corrected chi connectivity index (χ2v) is 9.29. The number of carbonyl (C=O) groups is 1. The molecule has 1 aromatic carbocycles. The number of sulfone groups is 1. The lowest BCUT2D eigenvalue weighted by Crippen LogP contribution is -2.30. The maximum Gasteiger partial charge on any atom is 0.328 e. The van der Waals surface area contributed by atoms with Crippen molar-refractivity contribution in [2.24, 2.45) is 0 Å². The Balaban J connectivity index is 2.86. The van der Waals surface area contributed by atoms with Gasteiger partial charge in [0.25, 0.3) is 0 Å². The minimum absolute atomic E-state index is 0.115. The average molecular weight is 405 g/mol. The summed E-state index contributed by atoms with van der Waals surface area (Å²) < 4.78 is 30.5. The van der Waals surface area contributed by atoms with E-state index in [1.165, 1.54) is 36.5 Å². The maximum atomic E-state index is 12.9. The van der Waals surface area contributed by atoms with Crippen LogP contribution in [-0.2, 0) is 19.4 Å². The summed E-state index contributed by atoms with van der Waals surface area (Å²) in [7, 11) is -2.64. The quantitative estimate of drug-likeness (QED) is 0.386. The largest absolute Gasteiger partial charge is 0.468 e. The van der Waals surface area contributed by atoms with Gasteiger partial charge < -0.3 is 4.74 Å². The van der Waals surface area contributed by atoms with E-state index in [1.54, 1.807) is 18.2 Å². The van der Waals surface area contributed by atoms with Crippen molar-refractivity contribution in [3.8, 4) is 0 Å². The second-order valence-electron chi connectivity index (χ2n) is 7.22. The zero-order valence-electron chi connectivity index (χ0n) is 17.6. The topological polar surface area (TPSA) is 60.4 Å². The number of rotatable bonds is 10. The van der Waals surface area contributed by atoms with Gasteiger partial charge in [0, 0.05) is 0 Å². The van der Waals surface area contributed by atoms with Gasteiger partial charge >= 0.3 is 5.97 Å². The van der Waals surface area contributed by atoms with E-state index in [4.69, 9.17) is 4.74 Å². The molecule has 0 radical (unpaired) electrons. The third kappa shape index (κ3) is 7.85. The number of hydrogen-bond acceptors (Lipinski definition) is 4. The predicted molar refractivity (Wildman–Crippen MR) is 115 cm³/mol. The van der Waals surface area contributed by atoms with Crippen molar-refractivity contribution in [1.29, 1.82) is 0 Å². The van der Waals surface area contributed by atoms with Crippen molar-refractivity contribution in [2.75, 3.05) is 7.11 Å². The van der Waals surface area contributed by atoms with Gasteiger partial charge in [-0.1, -0.05) is 53.1 Å². The van der Waals surface area contributed by atoms with Crippen LogP contribution in [0.2, 0.25) is 0 Å². The number of benzene rings is 1. The minimum Gasteiger partial charge on any atom is -0.468 e. The third-order valence-corrected chi connectivity index (χ3v) is 6.32. The van der Waals surface area contributed by atoms with Crippen LogP contribution in [0.5, 0.6) is 0 Å². The Morgan fingerprint density at radius 1 is 0.964 bits per heavy atom. The average Bonchev–Trinajstić information content (AvgIpc) is 2.65. The SMILES string of the molecule is COC(=O)C(/C=C(\C)CC/C=C(\C)CCC=C(C)C)S(=O)(=O)c1ccccc1. The van der Waals surface area contributed by atoms with Gasteiger partial charge in [-0.25, -0.2) is 8.42 Å². The fourth-order valence-corrected chi connectivity index (χ4v) is 4.33. The number of ether oxygens (including phenoxy) is 1. The Morgan fingerprint density at radius 2 is 1.54 bits per heavy atom. The summed E-state index contributed by atoms with van der Waals surface area (Å²) in [4.78, 5) is 12.3. The molecule has 0 amide bonds. The summed E-state index contributed by atoms with van der Waals surface area (Å²) in [6.07, 6.45) is 9.45. The smallest absolute Gasteiger partial charge is 0.328 e. The molecule has 0 N–H and O–H groups in total. The summed E-state index contributed by atoms with van der Waals surface area (Å²) in [5.41, 5.74) is 3.48. The Kier molecular flexibility index (Phi) is 9.94. The highest BCUT2D eigenvalue weighted by Crippen LogP contribution is 2.20. The van der Waals surface area contributed by atoms with E-state index >= 15 is 0 Å². The molecule has 1 unspecified atom stereocenters. The lowest BCUT2D eigenvalue weighted by atomic mass is 10.1. The van der Waals surface area contributed by atoms with Crippen molar-refractivity contribution in [3.63, 3.8) is 0 Å². The van der Waals surface area contributed by atoms with Crippen molar-refractivity contribution in [1.82, 2.24) is 0 Å². The van der Waals surface area contributed by atoms with Crippen LogP contribution in [0.15, 0.2) is 70.2 Å². The molecule has 0 fully saturated rings. The van der Waals surface area contributed by atoms with Gasteiger partial charge in [-0.3, -0.25) is 4.79 Å². The van der Waals surface area contributed by atoms with Crippen LogP contribution in [0, 0.1) is 0 Å². The number of methoxy groups -OCH3 is 1.